The van der Waals surface area contributed by atoms with E-state index in [-0.39, 0.29) is 17.5 Å². The van der Waals surface area contributed by atoms with E-state index in [1.54, 1.807) is 0 Å². The van der Waals surface area contributed by atoms with Crippen molar-refractivity contribution >= 4 is 33.3 Å². The zero-order chi connectivity index (χ0) is 17.0. The number of benzene rings is 2. The minimum absolute atomic E-state index is 0.289. The number of hydrogen-bond donors (Lipinski definition) is 0. The van der Waals surface area contributed by atoms with Crippen molar-refractivity contribution in [3.05, 3.63) is 66.0 Å². The molecule has 0 aromatic heterocycles. The van der Waals surface area contributed by atoms with Gasteiger partial charge in [0.15, 0.2) is 10.1 Å². The molecule has 1 unspecified atom stereocenters. The molecule has 5 heteroatoms. The third-order valence-corrected chi connectivity index (χ3v) is 4.53. The van der Waals surface area contributed by atoms with Crippen LogP contribution in [0, 0.1) is 5.82 Å². The van der Waals surface area contributed by atoms with Gasteiger partial charge in [0, 0.05) is 5.69 Å². The average Bonchev–Trinajstić information content (AvgIpc) is 2.53. The van der Waals surface area contributed by atoms with Gasteiger partial charge in [-0.1, -0.05) is 46.3 Å². The Balaban J connectivity index is 2.41. The van der Waals surface area contributed by atoms with Gasteiger partial charge in [-0.2, -0.15) is 0 Å². The first-order valence-corrected chi connectivity index (χ1v) is 7.93. The van der Waals surface area contributed by atoms with E-state index < -0.39 is 4.32 Å². The van der Waals surface area contributed by atoms with Gasteiger partial charge in [-0.3, -0.25) is 9.59 Å². The summed E-state index contributed by atoms with van der Waals surface area (Å²) in [4.78, 5) is 26.1. The summed E-state index contributed by atoms with van der Waals surface area (Å²) in [6.45, 7) is 3.18. The van der Waals surface area contributed by atoms with Crippen molar-refractivity contribution < 1.29 is 14.0 Å². The van der Waals surface area contributed by atoms with Crippen LogP contribution in [-0.2, 0) is 16.1 Å². The molecule has 0 bridgehead atoms. The van der Waals surface area contributed by atoms with E-state index in [0.717, 1.165) is 5.56 Å². The Morgan fingerprint density at radius 2 is 1.65 bits per heavy atom. The Morgan fingerprint density at radius 1 is 1.09 bits per heavy atom. The number of amides is 1. The lowest BCUT2D eigenvalue weighted by molar-refractivity contribution is -0.128. The highest BCUT2D eigenvalue weighted by atomic mass is 79.9. The molecule has 0 saturated heterocycles. The molecular weight excluding hydrogens is 361 g/mol. The van der Waals surface area contributed by atoms with Crippen LogP contribution in [0.3, 0.4) is 0 Å². The Kier molecular flexibility index (Phi) is 5.31. The minimum Gasteiger partial charge on any atom is -0.306 e. The van der Waals surface area contributed by atoms with Crippen LogP contribution < -0.4 is 4.90 Å². The lowest BCUT2D eigenvalue weighted by Gasteiger charge is -2.29. The molecule has 120 valence electrons. The summed E-state index contributed by atoms with van der Waals surface area (Å²) < 4.78 is 11.9. The Bertz CT molecular complexity index is 699. The molecule has 0 aliphatic heterocycles. The number of alkyl halides is 1. The molecule has 0 aliphatic rings. The molecule has 0 radical (unpaired) electrons. The van der Waals surface area contributed by atoms with E-state index in [4.69, 9.17) is 0 Å². The third-order valence-electron chi connectivity index (χ3n) is 3.63. The fourth-order valence-corrected chi connectivity index (χ4v) is 2.29. The molecule has 0 spiro atoms. The number of anilines is 1. The minimum atomic E-state index is -1.32. The SMILES string of the molecule is CC(=O)C(C)(Br)C(=O)N(Cc1ccccc1)c1ccc(F)cc1. The molecule has 23 heavy (non-hydrogen) atoms. The Labute approximate surface area is 143 Å². The predicted octanol–water partition coefficient (Wildman–Crippen LogP) is 4.10. The molecule has 0 saturated carbocycles. The monoisotopic (exact) mass is 377 g/mol. The average molecular weight is 378 g/mol. The predicted molar refractivity (Wildman–Crippen MR) is 92.0 cm³/mol. The van der Waals surface area contributed by atoms with Crippen LogP contribution in [0.5, 0.6) is 0 Å². The Morgan fingerprint density at radius 3 is 2.17 bits per heavy atom. The summed E-state index contributed by atoms with van der Waals surface area (Å²) in [5.74, 6) is -1.06. The van der Waals surface area contributed by atoms with E-state index in [0.29, 0.717) is 12.2 Å². The zero-order valence-electron chi connectivity index (χ0n) is 12.9. The van der Waals surface area contributed by atoms with Gasteiger partial charge in [-0.15, -0.1) is 0 Å². The lowest BCUT2D eigenvalue weighted by atomic mass is 10.0. The van der Waals surface area contributed by atoms with Crippen LogP contribution >= 0.6 is 15.9 Å². The number of carbonyl (C=O) groups excluding carboxylic acids is 2. The van der Waals surface area contributed by atoms with Gasteiger partial charge in [0.2, 0.25) is 0 Å². The second kappa shape index (κ2) is 7.04. The molecule has 2 aromatic rings. The molecule has 2 aromatic carbocycles. The molecule has 0 heterocycles. The number of carbonyl (C=O) groups is 2. The normalized spacial score (nSPS) is 13.2. The summed E-state index contributed by atoms with van der Waals surface area (Å²) in [6.07, 6.45) is 0. The van der Waals surface area contributed by atoms with E-state index in [2.05, 4.69) is 15.9 Å². The summed E-state index contributed by atoms with van der Waals surface area (Å²) in [7, 11) is 0. The first-order chi connectivity index (χ1) is 10.8. The van der Waals surface area contributed by atoms with Gasteiger partial charge in [-0.25, -0.2) is 4.39 Å². The molecule has 1 amide bonds. The summed E-state index contributed by atoms with van der Waals surface area (Å²) in [5, 5.41) is 0. The van der Waals surface area contributed by atoms with Crippen molar-refractivity contribution in [2.45, 2.75) is 24.7 Å². The zero-order valence-corrected chi connectivity index (χ0v) is 14.5. The van der Waals surface area contributed by atoms with Crippen LogP contribution in [0.2, 0.25) is 0 Å². The maximum atomic E-state index is 13.2. The Hall–Kier alpha value is -2.01. The summed E-state index contributed by atoms with van der Waals surface area (Å²) in [5.41, 5.74) is 1.45. The molecule has 0 aliphatic carbocycles. The highest BCUT2D eigenvalue weighted by Crippen LogP contribution is 2.27. The third kappa shape index (κ3) is 4.05. The lowest BCUT2D eigenvalue weighted by Crippen LogP contribution is -2.47. The topological polar surface area (TPSA) is 37.4 Å². The smallest absolute Gasteiger partial charge is 0.251 e. The van der Waals surface area contributed by atoms with Gasteiger partial charge < -0.3 is 4.90 Å². The number of halogens is 2. The van der Waals surface area contributed by atoms with Gasteiger partial charge in [0.25, 0.3) is 5.91 Å². The van der Waals surface area contributed by atoms with Crippen LogP contribution in [0.25, 0.3) is 0 Å². The molecule has 0 N–H and O–H groups in total. The summed E-state index contributed by atoms with van der Waals surface area (Å²) in [6, 6.07) is 15.1. The fraction of sp³-hybridized carbons (Fsp3) is 0.222. The van der Waals surface area contributed by atoms with Crippen molar-refractivity contribution in [3.8, 4) is 0 Å². The van der Waals surface area contributed by atoms with Gasteiger partial charge in [0.1, 0.15) is 5.82 Å². The molecule has 2 rings (SSSR count). The van der Waals surface area contributed by atoms with E-state index in [1.165, 1.54) is 43.0 Å². The largest absolute Gasteiger partial charge is 0.306 e. The molecule has 3 nitrogen and oxygen atoms in total. The summed E-state index contributed by atoms with van der Waals surface area (Å²) >= 11 is 3.22. The van der Waals surface area contributed by atoms with Crippen molar-refractivity contribution in [1.82, 2.24) is 0 Å². The van der Waals surface area contributed by atoms with Crippen LogP contribution in [0.15, 0.2) is 54.6 Å². The van der Waals surface area contributed by atoms with Crippen LogP contribution in [0.4, 0.5) is 10.1 Å². The molecule has 0 fully saturated rings. The highest BCUT2D eigenvalue weighted by Gasteiger charge is 2.39. The van der Waals surface area contributed by atoms with E-state index in [9.17, 15) is 14.0 Å². The first kappa shape index (κ1) is 17.3. The molecular formula is C18H17BrFNO2. The fourth-order valence-electron chi connectivity index (χ4n) is 2.07. The number of hydrogen-bond acceptors (Lipinski definition) is 2. The van der Waals surface area contributed by atoms with Gasteiger partial charge in [-0.05, 0) is 43.7 Å². The quantitative estimate of drug-likeness (QED) is 0.580. The second-order valence-corrected chi connectivity index (χ2v) is 7.00. The van der Waals surface area contributed by atoms with Crippen molar-refractivity contribution in [3.63, 3.8) is 0 Å². The highest BCUT2D eigenvalue weighted by molar-refractivity contribution is 9.10. The maximum Gasteiger partial charge on any atom is 0.251 e. The van der Waals surface area contributed by atoms with Crippen LogP contribution in [-0.4, -0.2) is 16.0 Å². The molecule has 1 atom stereocenters. The number of nitrogens with zero attached hydrogens (tertiary/aromatic N) is 1. The number of ketones is 1. The number of rotatable bonds is 5. The van der Waals surface area contributed by atoms with Crippen molar-refractivity contribution in [1.29, 1.82) is 0 Å². The van der Waals surface area contributed by atoms with Gasteiger partial charge >= 0.3 is 0 Å². The van der Waals surface area contributed by atoms with E-state index >= 15 is 0 Å². The second-order valence-electron chi connectivity index (χ2n) is 5.41. The van der Waals surface area contributed by atoms with Crippen LogP contribution in [0.1, 0.15) is 19.4 Å². The first-order valence-electron chi connectivity index (χ1n) is 7.14. The van der Waals surface area contributed by atoms with Gasteiger partial charge in [0.05, 0.1) is 6.54 Å². The van der Waals surface area contributed by atoms with Crippen molar-refractivity contribution in [2.24, 2.45) is 0 Å². The number of Topliss-reactive ketones (excluding diaryl/α,β-unsaturated/α-hetero) is 1. The van der Waals surface area contributed by atoms with E-state index in [1.807, 2.05) is 30.3 Å². The maximum absolute atomic E-state index is 13.2. The van der Waals surface area contributed by atoms with Crippen molar-refractivity contribution in [2.75, 3.05) is 4.90 Å². The standard InChI is InChI=1S/C18H17BrFNO2/c1-13(22)18(2,19)17(23)21(12-14-6-4-3-5-7-14)16-10-8-15(20)9-11-16/h3-11H,12H2,1-2H3.